The minimum atomic E-state index is 0.858. The number of hydrogen-bond donors (Lipinski definition) is 1. The Labute approximate surface area is 110 Å². The van der Waals surface area contributed by atoms with Gasteiger partial charge in [0.05, 0.1) is 0 Å². The van der Waals surface area contributed by atoms with Gasteiger partial charge in [-0.1, -0.05) is 29.8 Å². The van der Waals surface area contributed by atoms with Crippen LogP contribution in [0.1, 0.15) is 31.9 Å². The third kappa shape index (κ3) is 3.59. The Morgan fingerprint density at radius 2 is 1.94 bits per heavy atom. The maximum Gasteiger partial charge on any atom is 0.133 e. The van der Waals surface area contributed by atoms with E-state index in [0.29, 0.717) is 0 Å². The quantitative estimate of drug-likeness (QED) is 0.605. The molecule has 1 aromatic carbocycles. The van der Waals surface area contributed by atoms with Crippen LogP contribution in [0.4, 0.5) is 5.69 Å². The van der Waals surface area contributed by atoms with E-state index in [1.54, 1.807) is 6.21 Å². The molecule has 0 radical (unpaired) electrons. The van der Waals surface area contributed by atoms with Crippen molar-refractivity contribution in [1.29, 1.82) is 0 Å². The molecule has 0 aliphatic heterocycles. The second-order valence-corrected chi connectivity index (χ2v) is 4.58. The minimum Gasteiger partial charge on any atom is -0.340 e. The van der Waals surface area contributed by atoms with Crippen molar-refractivity contribution < 1.29 is 0 Å². The number of benzene rings is 1. The lowest BCUT2D eigenvalue weighted by molar-refractivity contribution is 1.19. The molecular formula is C16H22N2. The van der Waals surface area contributed by atoms with E-state index in [4.69, 9.17) is 0 Å². The highest BCUT2D eigenvalue weighted by Crippen LogP contribution is 2.21. The lowest BCUT2D eigenvalue weighted by atomic mass is 10.1. The van der Waals surface area contributed by atoms with E-state index in [9.17, 15) is 0 Å². The third-order valence-corrected chi connectivity index (χ3v) is 2.89. The smallest absolute Gasteiger partial charge is 0.133 e. The molecule has 0 saturated carbocycles. The van der Waals surface area contributed by atoms with Crippen LogP contribution in [-0.2, 0) is 0 Å². The minimum absolute atomic E-state index is 0.858. The maximum atomic E-state index is 4.39. The predicted octanol–water partition coefficient (Wildman–Crippen LogP) is 4.61. The van der Waals surface area contributed by atoms with E-state index in [1.807, 2.05) is 20.8 Å². The van der Waals surface area contributed by atoms with Crippen molar-refractivity contribution in [2.24, 2.45) is 4.99 Å². The predicted molar refractivity (Wildman–Crippen MR) is 81.2 cm³/mol. The van der Waals surface area contributed by atoms with Crippen molar-refractivity contribution in [3.05, 3.63) is 52.9 Å². The van der Waals surface area contributed by atoms with E-state index in [1.165, 1.54) is 11.1 Å². The summed E-state index contributed by atoms with van der Waals surface area (Å²) in [5.74, 6) is 0.858. The summed E-state index contributed by atoms with van der Waals surface area (Å²) in [6.07, 6.45) is 1.79. The van der Waals surface area contributed by atoms with Crippen molar-refractivity contribution in [3.8, 4) is 0 Å². The Morgan fingerprint density at radius 1 is 1.28 bits per heavy atom. The van der Waals surface area contributed by atoms with Crippen molar-refractivity contribution in [1.82, 2.24) is 0 Å². The van der Waals surface area contributed by atoms with Crippen LogP contribution in [-0.4, -0.2) is 6.21 Å². The van der Waals surface area contributed by atoms with Gasteiger partial charge in [0.2, 0.25) is 0 Å². The molecule has 1 rings (SSSR count). The summed E-state index contributed by atoms with van der Waals surface area (Å²) in [6.45, 7) is 14.1. The molecular weight excluding hydrogens is 220 g/mol. The molecule has 96 valence electrons. The van der Waals surface area contributed by atoms with Gasteiger partial charge in [0.15, 0.2) is 0 Å². The molecule has 2 nitrogen and oxygen atoms in total. The summed E-state index contributed by atoms with van der Waals surface area (Å²) >= 11 is 0. The first-order valence-electron chi connectivity index (χ1n) is 6.15. The molecule has 2 heteroatoms. The molecule has 0 fully saturated rings. The highest BCUT2D eigenvalue weighted by atomic mass is 15.0. The molecule has 0 aliphatic rings. The fourth-order valence-corrected chi connectivity index (χ4v) is 1.64. The van der Waals surface area contributed by atoms with Gasteiger partial charge < -0.3 is 5.32 Å². The number of rotatable bonds is 4. The summed E-state index contributed by atoms with van der Waals surface area (Å²) in [5.41, 5.74) is 5.66. The second-order valence-electron chi connectivity index (χ2n) is 4.58. The fraction of sp³-hybridized carbons (Fsp3) is 0.312. The van der Waals surface area contributed by atoms with Crippen LogP contribution in [0.15, 0.2) is 46.7 Å². The van der Waals surface area contributed by atoms with Crippen LogP contribution in [0.2, 0.25) is 0 Å². The normalized spacial score (nSPS) is 12.5. The molecule has 0 amide bonds. The van der Waals surface area contributed by atoms with Crippen LogP contribution in [0.5, 0.6) is 0 Å². The summed E-state index contributed by atoms with van der Waals surface area (Å²) in [5, 5.41) is 3.38. The Balaban J connectivity index is 3.12. The van der Waals surface area contributed by atoms with Gasteiger partial charge in [0.1, 0.15) is 5.82 Å². The summed E-state index contributed by atoms with van der Waals surface area (Å²) < 4.78 is 0. The largest absolute Gasteiger partial charge is 0.340 e. The third-order valence-electron chi connectivity index (χ3n) is 2.89. The zero-order chi connectivity index (χ0) is 13.7. The molecule has 0 aromatic heterocycles. The standard InChI is InChI=1S/C16H22N2/c1-7-17-16(14(6)11(2)3)18-15-9-8-12(4)10-13(15)5/h7-10,18H,2H2,1,3-6H3/b16-14+,17-7?. The average Bonchev–Trinajstić information content (AvgIpc) is 2.30. The molecule has 0 unspecified atom stereocenters. The number of aryl methyl sites for hydroxylation is 2. The molecule has 0 heterocycles. The molecule has 0 spiro atoms. The zero-order valence-corrected chi connectivity index (χ0v) is 12.0. The van der Waals surface area contributed by atoms with Crippen LogP contribution in [0.25, 0.3) is 0 Å². The van der Waals surface area contributed by atoms with Crippen LogP contribution in [0, 0.1) is 13.8 Å². The Morgan fingerprint density at radius 3 is 2.44 bits per heavy atom. The number of nitrogens with zero attached hydrogens (tertiary/aromatic N) is 1. The van der Waals surface area contributed by atoms with Gasteiger partial charge in [-0.2, -0.15) is 0 Å². The van der Waals surface area contributed by atoms with Crippen molar-refractivity contribution in [2.45, 2.75) is 34.6 Å². The molecule has 0 aliphatic carbocycles. The Kier molecular flexibility index (Phi) is 4.90. The van der Waals surface area contributed by atoms with E-state index >= 15 is 0 Å². The average molecular weight is 242 g/mol. The van der Waals surface area contributed by atoms with Gasteiger partial charge in [0, 0.05) is 11.9 Å². The van der Waals surface area contributed by atoms with Gasteiger partial charge in [-0.3, -0.25) is 0 Å². The summed E-state index contributed by atoms with van der Waals surface area (Å²) in [4.78, 5) is 4.39. The first-order valence-corrected chi connectivity index (χ1v) is 6.15. The van der Waals surface area contributed by atoms with E-state index < -0.39 is 0 Å². The topological polar surface area (TPSA) is 24.4 Å². The van der Waals surface area contributed by atoms with E-state index in [2.05, 4.69) is 48.9 Å². The Bertz CT molecular complexity index is 508. The number of aliphatic imine (C=N–C) groups is 1. The van der Waals surface area contributed by atoms with E-state index in [-0.39, 0.29) is 0 Å². The molecule has 18 heavy (non-hydrogen) atoms. The maximum absolute atomic E-state index is 4.39. The van der Waals surface area contributed by atoms with Gasteiger partial charge >= 0.3 is 0 Å². The number of allylic oxidation sites excluding steroid dienone is 2. The fourth-order valence-electron chi connectivity index (χ4n) is 1.64. The first-order chi connectivity index (χ1) is 8.45. The second kappa shape index (κ2) is 6.20. The SMILES string of the molecule is C=C(C)/C(C)=C(\N=CC)Nc1ccc(C)cc1C. The van der Waals surface area contributed by atoms with Crippen LogP contribution < -0.4 is 5.32 Å². The number of nitrogens with one attached hydrogen (secondary N) is 1. The monoisotopic (exact) mass is 242 g/mol. The van der Waals surface area contributed by atoms with Crippen molar-refractivity contribution >= 4 is 11.9 Å². The van der Waals surface area contributed by atoms with Gasteiger partial charge in [0.25, 0.3) is 0 Å². The van der Waals surface area contributed by atoms with Gasteiger partial charge in [-0.05, 0) is 51.8 Å². The van der Waals surface area contributed by atoms with E-state index in [0.717, 1.165) is 22.7 Å². The van der Waals surface area contributed by atoms with Crippen LogP contribution >= 0.6 is 0 Å². The lowest BCUT2D eigenvalue weighted by Gasteiger charge is -2.13. The lowest BCUT2D eigenvalue weighted by Crippen LogP contribution is -2.03. The molecule has 1 N–H and O–H groups in total. The molecule has 0 saturated heterocycles. The number of anilines is 1. The van der Waals surface area contributed by atoms with Gasteiger partial charge in [-0.15, -0.1) is 0 Å². The first kappa shape index (κ1) is 14.2. The summed E-state index contributed by atoms with van der Waals surface area (Å²) in [7, 11) is 0. The zero-order valence-electron chi connectivity index (χ0n) is 12.0. The van der Waals surface area contributed by atoms with Crippen LogP contribution in [0.3, 0.4) is 0 Å². The van der Waals surface area contributed by atoms with Gasteiger partial charge in [-0.25, -0.2) is 4.99 Å². The molecule has 1 aromatic rings. The molecule has 0 atom stereocenters. The highest BCUT2D eigenvalue weighted by Gasteiger charge is 2.04. The van der Waals surface area contributed by atoms with Crippen molar-refractivity contribution in [3.63, 3.8) is 0 Å². The Hall–Kier alpha value is -1.83. The number of hydrogen-bond acceptors (Lipinski definition) is 2. The summed E-state index contributed by atoms with van der Waals surface area (Å²) in [6, 6.07) is 6.34. The highest BCUT2D eigenvalue weighted by molar-refractivity contribution is 5.61. The van der Waals surface area contributed by atoms with Crippen molar-refractivity contribution in [2.75, 3.05) is 5.32 Å². The molecule has 0 bridgehead atoms.